The van der Waals surface area contributed by atoms with Gasteiger partial charge in [-0.3, -0.25) is 4.79 Å². The van der Waals surface area contributed by atoms with Gasteiger partial charge in [-0.05, 0) is 24.7 Å². The van der Waals surface area contributed by atoms with E-state index in [0.717, 1.165) is 23.9 Å². The van der Waals surface area contributed by atoms with E-state index in [1.54, 1.807) is 4.90 Å². The molecule has 0 spiro atoms. The Morgan fingerprint density at radius 3 is 2.44 bits per heavy atom. The molecular weight excluding hydrogens is 366 g/mol. The lowest BCUT2D eigenvalue weighted by Crippen LogP contribution is -2.51. The summed E-state index contributed by atoms with van der Waals surface area (Å²) in [5.41, 5.74) is 0. The van der Waals surface area contributed by atoms with E-state index in [0.29, 0.717) is 18.8 Å². The summed E-state index contributed by atoms with van der Waals surface area (Å²) in [5, 5.41) is 0.207. The van der Waals surface area contributed by atoms with Crippen LogP contribution in [0.5, 0.6) is 5.75 Å². The lowest BCUT2D eigenvalue weighted by Gasteiger charge is -2.34. The number of carbonyl (C=O) groups excluding carboxylic acids is 1. The Hall–Kier alpha value is -1.35. The first-order valence-corrected chi connectivity index (χ1v) is 9.91. The van der Waals surface area contributed by atoms with Crippen molar-refractivity contribution in [2.45, 2.75) is 11.8 Å². The van der Waals surface area contributed by atoms with Crippen molar-refractivity contribution in [2.24, 2.45) is 0 Å². The van der Waals surface area contributed by atoms with Crippen molar-refractivity contribution < 1.29 is 17.9 Å². The molecule has 7 nitrogen and oxygen atoms in total. The van der Waals surface area contributed by atoms with Crippen LogP contribution in [0, 0.1) is 0 Å². The third kappa shape index (κ3) is 4.63. The van der Waals surface area contributed by atoms with E-state index in [1.807, 2.05) is 0 Å². The van der Waals surface area contributed by atoms with Crippen molar-refractivity contribution in [3.63, 3.8) is 0 Å². The molecule has 1 saturated heterocycles. The number of benzene rings is 1. The number of amides is 1. The second kappa shape index (κ2) is 8.35. The Labute approximate surface area is 154 Å². The molecule has 0 aromatic heterocycles. The predicted octanol–water partition coefficient (Wildman–Crippen LogP) is 1.13. The number of hydrogen-bond donors (Lipinski definition) is 0. The average molecular weight is 390 g/mol. The van der Waals surface area contributed by atoms with E-state index in [2.05, 4.69) is 11.8 Å². The number of halogens is 1. The van der Waals surface area contributed by atoms with Crippen LogP contribution in [0.1, 0.15) is 6.92 Å². The van der Waals surface area contributed by atoms with Gasteiger partial charge in [0.25, 0.3) is 0 Å². The molecule has 9 heteroatoms. The monoisotopic (exact) mass is 389 g/mol. The Morgan fingerprint density at radius 1 is 1.28 bits per heavy atom. The van der Waals surface area contributed by atoms with Gasteiger partial charge in [-0.2, -0.15) is 4.31 Å². The van der Waals surface area contributed by atoms with E-state index in [1.165, 1.54) is 32.4 Å². The first-order chi connectivity index (χ1) is 11.8. The van der Waals surface area contributed by atoms with Crippen molar-refractivity contribution in [3.8, 4) is 5.75 Å². The summed E-state index contributed by atoms with van der Waals surface area (Å²) in [6.07, 6.45) is 0. The fraction of sp³-hybridized carbons (Fsp3) is 0.562. The van der Waals surface area contributed by atoms with Crippen molar-refractivity contribution in [1.82, 2.24) is 14.1 Å². The highest BCUT2D eigenvalue weighted by atomic mass is 35.5. The number of ether oxygens (including phenoxy) is 1. The topological polar surface area (TPSA) is 70.2 Å². The van der Waals surface area contributed by atoms with Gasteiger partial charge < -0.3 is 14.5 Å². The quantitative estimate of drug-likeness (QED) is 0.729. The summed E-state index contributed by atoms with van der Waals surface area (Å²) in [5.74, 6) is 0.203. The van der Waals surface area contributed by atoms with Gasteiger partial charge in [0.2, 0.25) is 15.9 Å². The lowest BCUT2D eigenvalue weighted by molar-refractivity contribution is -0.132. The molecule has 1 aliphatic rings. The van der Waals surface area contributed by atoms with Crippen LogP contribution in [0.3, 0.4) is 0 Å². The normalized spacial score (nSPS) is 16.3. The molecule has 0 aliphatic carbocycles. The largest absolute Gasteiger partial charge is 0.495 e. The average Bonchev–Trinajstić information content (AvgIpc) is 2.61. The lowest BCUT2D eigenvalue weighted by atomic mass is 10.3. The number of carbonyl (C=O) groups is 1. The maximum Gasteiger partial charge on any atom is 0.243 e. The van der Waals surface area contributed by atoms with Crippen molar-refractivity contribution in [3.05, 3.63) is 23.2 Å². The van der Waals surface area contributed by atoms with Gasteiger partial charge in [0, 0.05) is 33.2 Å². The second-order valence-corrected chi connectivity index (χ2v) is 8.32. The molecule has 1 heterocycles. The molecule has 1 aromatic rings. The fourth-order valence-corrected chi connectivity index (χ4v) is 4.15. The van der Waals surface area contributed by atoms with Gasteiger partial charge in [0.15, 0.2) is 0 Å². The molecule has 25 heavy (non-hydrogen) atoms. The van der Waals surface area contributed by atoms with E-state index >= 15 is 0 Å². The molecule has 0 unspecified atom stereocenters. The van der Waals surface area contributed by atoms with Gasteiger partial charge in [-0.1, -0.05) is 18.5 Å². The number of likely N-dealkylation sites (N-methyl/N-ethyl adjacent to an activating group) is 2. The SMILES string of the molecule is CCN1CCN(C(=O)CN(C)S(=O)(=O)c2ccc(OC)c(Cl)c2)CC1. The van der Waals surface area contributed by atoms with Gasteiger partial charge in [0.1, 0.15) is 5.75 Å². The summed E-state index contributed by atoms with van der Waals surface area (Å²) < 4.78 is 31.4. The van der Waals surface area contributed by atoms with E-state index < -0.39 is 10.0 Å². The van der Waals surface area contributed by atoms with Crippen molar-refractivity contribution in [1.29, 1.82) is 0 Å². The molecule has 0 radical (unpaired) electrons. The van der Waals surface area contributed by atoms with Crippen LogP contribution >= 0.6 is 11.6 Å². The van der Waals surface area contributed by atoms with E-state index in [-0.39, 0.29) is 22.4 Å². The molecule has 2 rings (SSSR count). The highest BCUT2D eigenvalue weighted by Gasteiger charge is 2.27. The first-order valence-electron chi connectivity index (χ1n) is 8.09. The van der Waals surface area contributed by atoms with Gasteiger partial charge in [0.05, 0.1) is 23.6 Å². The molecule has 140 valence electrons. The zero-order chi connectivity index (χ0) is 18.6. The van der Waals surface area contributed by atoms with E-state index in [4.69, 9.17) is 16.3 Å². The van der Waals surface area contributed by atoms with Crippen LogP contribution < -0.4 is 4.74 Å². The van der Waals surface area contributed by atoms with Crippen LogP contribution in [-0.2, 0) is 14.8 Å². The smallest absolute Gasteiger partial charge is 0.243 e. The molecule has 1 aliphatic heterocycles. The van der Waals surface area contributed by atoms with Gasteiger partial charge >= 0.3 is 0 Å². The third-order valence-electron chi connectivity index (χ3n) is 4.36. The van der Waals surface area contributed by atoms with Crippen LogP contribution in [0.15, 0.2) is 23.1 Å². The number of methoxy groups -OCH3 is 1. The molecular formula is C16H24ClN3O4S. The highest BCUT2D eigenvalue weighted by molar-refractivity contribution is 7.89. The molecule has 1 amide bonds. The maximum atomic E-state index is 12.6. The van der Waals surface area contributed by atoms with Crippen molar-refractivity contribution >= 4 is 27.5 Å². The Balaban J connectivity index is 2.05. The maximum absolute atomic E-state index is 12.6. The second-order valence-electron chi connectivity index (χ2n) is 5.87. The summed E-state index contributed by atoms with van der Waals surface area (Å²) in [6.45, 7) is 5.70. The molecule has 1 fully saturated rings. The minimum atomic E-state index is -3.80. The van der Waals surface area contributed by atoms with Crippen molar-refractivity contribution in [2.75, 3.05) is 53.4 Å². The number of sulfonamides is 1. The van der Waals surface area contributed by atoms with E-state index in [9.17, 15) is 13.2 Å². The van der Waals surface area contributed by atoms with Crippen LogP contribution in [0.4, 0.5) is 0 Å². The number of nitrogens with zero attached hydrogens (tertiary/aromatic N) is 3. The first kappa shape index (κ1) is 20.0. The highest BCUT2D eigenvalue weighted by Crippen LogP contribution is 2.28. The fourth-order valence-electron chi connectivity index (χ4n) is 2.68. The zero-order valence-electron chi connectivity index (χ0n) is 14.7. The number of rotatable bonds is 6. The van der Waals surface area contributed by atoms with Crippen LogP contribution in [-0.4, -0.2) is 81.9 Å². The molecule has 0 saturated carbocycles. The minimum Gasteiger partial charge on any atom is -0.495 e. The number of hydrogen-bond acceptors (Lipinski definition) is 5. The molecule has 0 atom stereocenters. The zero-order valence-corrected chi connectivity index (χ0v) is 16.3. The predicted molar refractivity (Wildman–Crippen MR) is 96.5 cm³/mol. The summed E-state index contributed by atoms with van der Waals surface area (Å²) in [4.78, 5) is 16.4. The Kier molecular flexibility index (Phi) is 6.67. The Morgan fingerprint density at radius 2 is 1.92 bits per heavy atom. The van der Waals surface area contributed by atoms with Crippen LogP contribution in [0.25, 0.3) is 0 Å². The standard InChI is InChI=1S/C16H24ClN3O4S/c1-4-19-7-9-20(10-8-19)16(21)12-18(2)25(22,23)13-5-6-15(24-3)14(17)11-13/h5-6,11H,4,7-10,12H2,1-3H3. The van der Waals surface area contributed by atoms with Gasteiger partial charge in [-0.25, -0.2) is 8.42 Å². The Bertz CT molecular complexity index is 718. The molecule has 1 aromatic carbocycles. The minimum absolute atomic E-state index is 0.0319. The number of piperazine rings is 1. The third-order valence-corrected chi connectivity index (χ3v) is 6.46. The summed E-state index contributed by atoms with van der Waals surface area (Å²) in [6, 6.07) is 4.24. The molecule has 0 N–H and O–H groups in total. The molecule has 0 bridgehead atoms. The van der Waals surface area contributed by atoms with Crippen LogP contribution in [0.2, 0.25) is 5.02 Å². The summed E-state index contributed by atoms with van der Waals surface area (Å²) in [7, 11) is -0.947. The van der Waals surface area contributed by atoms with Gasteiger partial charge in [-0.15, -0.1) is 0 Å². The summed E-state index contributed by atoms with van der Waals surface area (Å²) >= 11 is 6.01.